The molecule has 1 aromatic heterocycles. The molecular weight excluding hydrogens is 270 g/mol. The summed E-state index contributed by atoms with van der Waals surface area (Å²) in [7, 11) is 0. The molecule has 1 unspecified atom stereocenters. The van der Waals surface area contributed by atoms with E-state index >= 15 is 0 Å². The van der Waals surface area contributed by atoms with E-state index in [0.717, 1.165) is 22.0 Å². The Morgan fingerprint density at radius 3 is 2.80 bits per heavy atom. The van der Waals surface area contributed by atoms with Crippen molar-refractivity contribution in [2.75, 3.05) is 0 Å². The highest BCUT2D eigenvalue weighted by atomic mass is 32.1. The van der Waals surface area contributed by atoms with Gasteiger partial charge in [0, 0.05) is 10.4 Å². The molecule has 1 saturated carbocycles. The maximum atomic E-state index is 11.3. The van der Waals surface area contributed by atoms with Gasteiger partial charge in [-0.05, 0) is 37.2 Å². The Balaban J connectivity index is 1.78. The molecule has 4 rings (SSSR count). The maximum absolute atomic E-state index is 11.3. The molecule has 102 valence electrons. The number of carbonyl (C=O) groups is 1. The number of aryl methyl sites for hydroxylation is 1. The maximum Gasteiger partial charge on any atom is 0.312 e. The first-order valence-corrected chi connectivity index (χ1v) is 7.87. The molecule has 0 spiro atoms. The summed E-state index contributed by atoms with van der Waals surface area (Å²) in [5, 5.41) is 10.3. The van der Waals surface area contributed by atoms with Crippen molar-refractivity contribution in [2.24, 2.45) is 0 Å². The smallest absolute Gasteiger partial charge is 0.312 e. The molecule has 0 bridgehead atoms. The minimum atomic E-state index is -0.740. The standard InChI is InChI=1S/C16H15NO2S/c18-16(19)12-7-8-13-14(12)17-15(20-13)11-4-2-1-3-10(11)9-5-6-9/h1-4,9,12H,5-8H2,(H,18,19). The molecule has 2 aromatic rings. The predicted octanol–water partition coefficient (Wildman–Crippen LogP) is 3.80. The summed E-state index contributed by atoms with van der Waals surface area (Å²) in [6.45, 7) is 0. The molecule has 1 atom stereocenters. The SMILES string of the molecule is O=C(O)C1CCc2sc(-c3ccccc3C3CC3)nc21. The van der Waals surface area contributed by atoms with Crippen molar-refractivity contribution in [3.05, 3.63) is 40.4 Å². The summed E-state index contributed by atoms with van der Waals surface area (Å²) in [5.74, 6) is -0.459. The lowest BCUT2D eigenvalue weighted by Gasteiger charge is -2.06. The Bertz CT molecular complexity index is 688. The third-order valence-electron chi connectivity index (χ3n) is 4.22. The second kappa shape index (κ2) is 4.42. The van der Waals surface area contributed by atoms with Gasteiger partial charge in [0.05, 0.1) is 5.69 Å². The molecule has 20 heavy (non-hydrogen) atoms. The Morgan fingerprint density at radius 2 is 2.05 bits per heavy atom. The first-order valence-electron chi connectivity index (χ1n) is 7.05. The van der Waals surface area contributed by atoms with Crippen molar-refractivity contribution < 1.29 is 9.90 Å². The Labute approximate surface area is 121 Å². The van der Waals surface area contributed by atoms with E-state index in [9.17, 15) is 9.90 Å². The molecule has 1 fully saturated rings. The van der Waals surface area contributed by atoms with Crippen LogP contribution in [0.5, 0.6) is 0 Å². The molecule has 0 radical (unpaired) electrons. The van der Waals surface area contributed by atoms with E-state index in [1.54, 1.807) is 11.3 Å². The average Bonchev–Trinajstić information content (AvgIpc) is 3.08. The van der Waals surface area contributed by atoms with Crippen LogP contribution in [0.2, 0.25) is 0 Å². The van der Waals surface area contributed by atoms with Gasteiger partial charge in [-0.2, -0.15) is 0 Å². The van der Waals surface area contributed by atoms with Gasteiger partial charge in [0.1, 0.15) is 10.9 Å². The van der Waals surface area contributed by atoms with Crippen molar-refractivity contribution in [3.63, 3.8) is 0 Å². The fourth-order valence-electron chi connectivity index (χ4n) is 3.02. The largest absolute Gasteiger partial charge is 0.481 e. The molecule has 0 saturated heterocycles. The van der Waals surface area contributed by atoms with E-state index in [-0.39, 0.29) is 0 Å². The van der Waals surface area contributed by atoms with Crippen molar-refractivity contribution in [1.29, 1.82) is 0 Å². The third kappa shape index (κ3) is 1.86. The predicted molar refractivity (Wildman–Crippen MR) is 78.2 cm³/mol. The number of thiazole rings is 1. The number of carboxylic acids is 1. The van der Waals surface area contributed by atoms with Crippen LogP contribution in [-0.2, 0) is 11.2 Å². The number of aromatic nitrogens is 1. The topological polar surface area (TPSA) is 50.2 Å². The van der Waals surface area contributed by atoms with E-state index in [0.29, 0.717) is 12.3 Å². The van der Waals surface area contributed by atoms with Crippen molar-refractivity contribution in [2.45, 2.75) is 37.5 Å². The van der Waals surface area contributed by atoms with Crippen LogP contribution in [0.15, 0.2) is 24.3 Å². The van der Waals surface area contributed by atoms with E-state index < -0.39 is 11.9 Å². The van der Waals surface area contributed by atoms with Crippen LogP contribution in [-0.4, -0.2) is 16.1 Å². The van der Waals surface area contributed by atoms with Crippen molar-refractivity contribution in [3.8, 4) is 10.6 Å². The van der Waals surface area contributed by atoms with Gasteiger partial charge in [0.2, 0.25) is 0 Å². The summed E-state index contributed by atoms with van der Waals surface area (Å²) in [5.41, 5.74) is 3.40. The summed E-state index contributed by atoms with van der Waals surface area (Å²) in [4.78, 5) is 17.1. The number of hydrogen-bond donors (Lipinski definition) is 1. The number of aliphatic carboxylic acids is 1. The van der Waals surface area contributed by atoms with Gasteiger partial charge in [-0.15, -0.1) is 11.3 Å². The molecule has 1 aromatic carbocycles. The molecule has 1 heterocycles. The van der Waals surface area contributed by atoms with Crippen molar-refractivity contribution in [1.82, 2.24) is 4.98 Å². The minimum absolute atomic E-state index is 0.400. The number of nitrogens with zero attached hydrogens (tertiary/aromatic N) is 1. The molecule has 2 aliphatic carbocycles. The number of fused-ring (bicyclic) bond motifs is 1. The summed E-state index contributed by atoms with van der Waals surface area (Å²) in [6.07, 6.45) is 4.09. The molecule has 2 aliphatic rings. The van der Waals surface area contributed by atoms with Gasteiger partial charge in [-0.25, -0.2) is 4.98 Å². The van der Waals surface area contributed by atoms with Gasteiger partial charge in [0.25, 0.3) is 0 Å². The molecule has 3 nitrogen and oxygen atoms in total. The molecule has 0 amide bonds. The highest BCUT2D eigenvalue weighted by Gasteiger charge is 2.33. The first kappa shape index (κ1) is 12.1. The molecule has 1 N–H and O–H groups in total. The fraction of sp³-hybridized carbons (Fsp3) is 0.375. The van der Waals surface area contributed by atoms with Crippen LogP contribution in [0.1, 0.15) is 47.2 Å². The normalized spacial score (nSPS) is 20.9. The summed E-state index contributed by atoms with van der Waals surface area (Å²) >= 11 is 1.68. The summed E-state index contributed by atoms with van der Waals surface area (Å²) in [6, 6.07) is 8.44. The molecule has 0 aliphatic heterocycles. The Hall–Kier alpha value is -1.68. The third-order valence-corrected chi connectivity index (χ3v) is 5.39. The number of benzene rings is 1. The van der Waals surface area contributed by atoms with Crippen molar-refractivity contribution >= 4 is 17.3 Å². The lowest BCUT2D eigenvalue weighted by molar-refractivity contribution is -0.138. The van der Waals surface area contributed by atoms with Gasteiger partial charge in [0.15, 0.2) is 0 Å². The zero-order valence-electron chi connectivity index (χ0n) is 11.0. The number of rotatable bonds is 3. The first-order chi connectivity index (χ1) is 9.74. The van der Waals surface area contributed by atoms with Gasteiger partial charge in [-0.1, -0.05) is 24.3 Å². The minimum Gasteiger partial charge on any atom is -0.481 e. The number of hydrogen-bond acceptors (Lipinski definition) is 3. The van der Waals surface area contributed by atoms with Gasteiger partial charge in [-0.3, -0.25) is 4.79 Å². The van der Waals surface area contributed by atoms with Crippen LogP contribution in [0.4, 0.5) is 0 Å². The number of carboxylic acid groups (broad SMARTS) is 1. The highest BCUT2D eigenvalue weighted by Crippen LogP contribution is 2.46. The van der Waals surface area contributed by atoms with Crippen LogP contribution in [0.3, 0.4) is 0 Å². The Morgan fingerprint density at radius 1 is 1.25 bits per heavy atom. The van der Waals surface area contributed by atoms with Crippen LogP contribution < -0.4 is 0 Å². The Kier molecular flexibility index (Phi) is 2.67. The second-order valence-corrected chi connectivity index (χ2v) is 6.70. The highest BCUT2D eigenvalue weighted by molar-refractivity contribution is 7.15. The van der Waals surface area contributed by atoms with Gasteiger partial charge >= 0.3 is 5.97 Å². The second-order valence-electron chi connectivity index (χ2n) is 5.62. The monoisotopic (exact) mass is 285 g/mol. The lowest BCUT2D eigenvalue weighted by Crippen LogP contribution is -2.08. The van der Waals surface area contributed by atoms with Crippen LogP contribution in [0.25, 0.3) is 10.6 Å². The molecular formula is C16H15NO2S. The summed E-state index contributed by atoms with van der Waals surface area (Å²) < 4.78 is 0. The van der Waals surface area contributed by atoms with E-state index in [1.165, 1.54) is 24.0 Å². The zero-order chi connectivity index (χ0) is 13.7. The lowest BCUT2D eigenvalue weighted by atomic mass is 10.0. The van der Waals surface area contributed by atoms with Crippen LogP contribution >= 0.6 is 11.3 Å². The van der Waals surface area contributed by atoms with E-state index in [1.807, 2.05) is 6.07 Å². The van der Waals surface area contributed by atoms with Gasteiger partial charge < -0.3 is 5.11 Å². The van der Waals surface area contributed by atoms with Crippen LogP contribution in [0, 0.1) is 0 Å². The average molecular weight is 285 g/mol. The fourth-order valence-corrected chi connectivity index (χ4v) is 4.21. The zero-order valence-corrected chi connectivity index (χ0v) is 11.8. The molecule has 4 heteroatoms. The van der Waals surface area contributed by atoms with E-state index in [4.69, 9.17) is 0 Å². The quantitative estimate of drug-likeness (QED) is 0.933. The van der Waals surface area contributed by atoms with E-state index in [2.05, 4.69) is 23.2 Å².